The summed E-state index contributed by atoms with van der Waals surface area (Å²) >= 11 is 1.36. The third-order valence-electron chi connectivity index (χ3n) is 6.45. The van der Waals surface area contributed by atoms with Crippen LogP contribution in [0.2, 0.25) is 0 Å². The van der Waals surface area contributed by atoms with Gasteiger partial charge in [0.1, 0.15) is 5.00 Å². The van der Waals surface area contributed by atoms with Crippen LogP contribution in [-0.4, -0.2) is 39.5 Å². The third-order valence-corrected chi connectivity index (χ3v) is 9.72. The molecule has 1 aliphatic heterocycles. The molecule has 1 aliphatic rings. The maximum atomic E-state index is 13.2. The van der Waals surface area contributed by atoms with Crippen molar-refractivity contribution in [2.45, 2.75) is 57.0 Å². The number of fused-ring (bicyclic) bond motifs is 1. The Hall–Kier alpha value is -3.21. The van der Waals surface area contributed by atoms with Gasteiger partial charge in [-0.2, -0.15) is 0 Å². The van der Waals surface area contributed by atoms with Crippen LogP contribution < -0.4 is 14.9 Å². The summed E-state index contributed by atoms with van der Waals surface area (Å²) in [5.41, 5.74) is 1.39. The molecular formula is C28H33N3O5S2. The van der Waals surface area contributed by atoms with Gasteiger partial charge in [-0.25, -0.2) is 13.2 Å². The second-order valence-corrected chi connectivity index (χ2v) is 13.4. The molecule has 10 heteroatoms. The average Bonchev–Trinajstić information content (AvgIpc) is 3.21. The quantitative estimate of drug-likeness (QED) is 0.390. The summed E-state index contributed by atoms with van der Waals surface area (Å²) in [6.07, 6.45) is 0.605. The minimum atomic E-state index is -3.81. The molecule has 0 radical (unpaired) electrons. The highest BCUT2D eigenvalue weighted by Gasteiger charge is 2.42. The Kier molecular flexibility index (Phi) is 7.44. The van der Waals surface area contributed by atoms with Crippen molar-refractivity contribution >= 4 is 43.9 Å². The number of carbonyl (C=O) groups excluding carboxylic acids is 2. The Bertz CT molecular complexity index is 1460. The van der Waals surface area contributed by atoms with Gasteiger partial charge in [-0.3, -0.25) is 9.10 Å². The number of amides is 1. The van der Waals surface area contributed by atoms with Crippen molar-refractivity contribution in [1.29, 1.82) is 0 Å². The van der Waals surface area contributed by atoms with Crippen molar-refractivity contribution in [2.24, 2.45) is 0 Å². The molecule has 2 aromatic carbocycles. The van der Waals surface area contributed by atoms with Crippen LogP contribution in [0.15, 0.2) is 59.5 Å². The highest BCUT2D eigenvalue weighted by Crippen LogP contribution is 2.45. The van der Waals surface area contributed by atoms with E-state index in [2.05, 4.69) is 38.3 Å². The van der Waals surface area contributed by atoms with Crippen LogP contribution in [0.3, 0.4) is 0 Å². The average molecular weight is 556 g/mol. The van der Waals surface area contributed by atoms with E-state index in [-0.39, 0.29) is 22.6 Å². The van der Waals surface area contributed by atoms with Crippen molar-refractivity contribution in [3.63, 3.8) is 0 Å². The number of para-hydroxylation sites is 1. The zero-order valence-corrected chi connectivity index (χ0v) is 24.0. The van der Waals surface area contributed by atoms with Gasteiger partial charge in [0.2, 0.25) is 0 Å². The topological polar surface area (TPSA) is 105 Å². The van der Waals surface area contributed by atoms with Gasteiger partial charge in [-0.1, -0.05) is 18.2 Å². The summed E-state index contributed by atoms with van der Waals surface area (Å²) in [6.45, 7) is 10.2. The molecule has 0 aliphatic carbocycles. The molecule has 0 unspecified atom stereocenters. The molecule has 0 saturated heterocycles. The Morgan fingerprint density at radius 3 is 2.29 bits per heavy atom. The first-order valence-electron chi connectivity index (χ1n) is 12.3. The number of ether oxygens (including phenoxy) is 1. The van der Waals surface area contributed by atoms with E-state index in [4.69, 9.17) is 4.74 Å². The number of rotatable bonds is 7. The number of nitrogens with one attached hydrogen (secondary N) is 2. The summed E-state index contributed by atoms with van der Waals surface area (Å²) in [6, 6.07) is 14.5. The van der Waals surface area contributed by atoms with E-state index in [1.54, 1.807) is 31.2 Å². The molecule has 1 aromatic heterocycles. The smallest absolute Gasteiger partial charge is 0.341 e. The van der Waals surface area contributed by atoms with Crippen LogP contribution in [0.25, 0.3) is 0 Å². The molecule has 3 aromatic rings. The van der Waals surface area contributed by atoms with Crippen LogP contribution in [0.5, 0.6) is 0 Å². The first kappa shape index (κ1) is 27.8. The van der Waals surface area contributed by atoms with Crippen molar-refractivity contribution < 1.29 is 22.7 Å². The van der Waals surface area contributed by atoms with E-state index in [1.807, 2.05) is 6.07 Å². The number of thiophene rings is 1. The second-order valence-electron chi connectivity index (χ2n) is 10.4. The summed E-state index contributed by atoms with van der Waals surface area (Å²) in [4.78, 5) is 27.3. The molecule has 4 rings (SSSR count). The summed E-state index contributed by atoms with van der Waals surface area (Å²) in [7, 11) is -2.32. The maximum Gasteiger partial charge on any atom is 0.341 e. The molecule has 0 saturated carbocycles. The molecule has 0 fully saturated rings. The SMILES string of the molecule is CCOC(=O)c1c(NC(=O)c2ccc(S(=O)(=O)N(C)c3ccccc3)cc2)sc2c1CC(C)(C)NC2(C)C. The molecule has 0 spiro atoms. The lowest BCUT2D eigenvalue weighted by molar-refractivity contribution is 0.0525. The Morgan fingerprint density at radius 2 is 1.68 bits per heavy atom. The fraction of sp³-hybridized carbons (Fsp3) is 0.357. The van der Waals surface area contributed by atoms with Gasteiger partial charge in [0.15, 0.2) is 0 Å². The molecule has 0 bridgehead atoms. The second kappa shape index (κ2) is 10.2. The largest absolute Gasteiger partial charge is 0.462 e. The zero-order valence-electron chi connectivity index (χ0n) is 22.4. The summed E-state index contributed by atoms with van der Waals surface area (Å²) in [5.74, 6) is -0.918. The van der Waals surface area contributed by atoms with Gasteiger partial charge in [-0.05, 0) is 83.0 Å². The third kappa shape index (κ3) is 5.34. The van der Waals surface area contributed by atoms with Gasteiger partial charge < -0.3 is 15.4 Å². The Morgan fingerprint density at radius 1 is 1.05 bits per heavy atom. The number of hydrogen-bond donors (Lipinski definition) is 2. The number of benzene rings is 2. The first-order chi connectivity index (χ1) is 17.8. The predicted octanol–water partition coefficient (Wildman–Crippen LogP) is 5.16. The van der Waals surface area contributed by atoms with Gasteiger partial charge in [0.05, 0.1) is 22.8 Å². The van der Waals surface area contributed by atoms with Crippen molar-refractivity contribution in [1.82, 2.24) is 5.32 Å². The molecule has 2 heterocycles. The Labute approximate surface area is 228 Å². The fourth-order valence-corrected chi connectivity index (χ4v) is 7.38. The summed E-state index contributed by atoms with van der Waals surface area (Å²) < 4.78 is 32.7. The van der Waals surface area contributed by atoms with E-state index in [9.17, 15) is 18.0 Å². The van der Waals surface area contributed by atoms with E-state index in [1.165, 1.54) is 47.0 Å². The molecule has 0 atom stereocenters. The standard InChI is InChI=1S/C28H33N3O5S2/c1-7-36-26(33)22-21-17-27(2,3)30-28(4,5)23(21)37-25(22)29-24(32)18-13-15-20(16-14-18)38(34,35)31(6)19-11-9-8-10-12-19/h8-16,30H,7,17H2,1-6H3,(H,29,32). The van der Waals surface area contributed by atoms with Crippen LogP contribution >= 0.6 is 11.3 Å². The zero-order chi connectivity index (χ0) is 27.9. The van der Waals surface area contributed by atoms with Gasteiger partial charge in [-0.15, -0.1) is 11.3 Å². The highest BCUT2D eigenvalue weighted by atomic mass is 32.2. The number of hydrogen-bond acceptors (Lipinski definition) is 7. The first-order valence-corrected chi connectivity index (χ1v) is 14.6. The number of anilines is 2. The lowest BCUT2D eigenvalue weighted by Gasteiger charge is -2.42. The molecular weight excluding hydrogens is 522 g/mol. The number of carbonyl (C=O) groups is 2. The predicted molar refractivity (Wildman–Crippen MR) is 151 cm³/mol. The van der Waals surface area contributed by atoms with Crippen LogP contribution in [0.4, 0.5) is 10.7 Å². The van der Waals surface area contributed by atoms with Crippen LogP contribution in [0, 0.1) is 0 Å². The lowest BCUT2D eigenvalue weighted by Crippen LogP contribution is -2.55. The van der Waals surface area contributed by atoms with Gasteiger partial charge in [0, 0.05) is 28.6 Å². The van der Waals surface area contributed by atoms with E-state index >= 15 is 0 Å². The maximum absolute atomic E-state index is 13.2. The minimum Gasteiger partial charge on any atom is -0.462 e. The van der Waals surface area contributed by atoms with Crippen LogP contribution in [-0.2, 0) is 26.7 Å². The molecule has 8 nitrogen and oxygen atoms in total. The lowest BCUT2D eigenvalue weighted by atomic mass is 9.81. The normalized spacial score (nSPS) is 15.8. The summed E-state index contributed by atoms with van der Waals surface area (Å²) in [5, 5.41) is 6.92. The fourth-order valence-electron chi connectivity index (χ4n) is 4.92. The van der Waals surface area contributed by atoms with Crippen molar-refractivity contribution in [2.75, 3.05) is 23.3 Å². The minimum absolute atomic E-state index is 0.0641. The monoisotopic (exact) mass is 555 g/mol. The van der Waals surface area contributed by atoms with Gasteiger partial charge >= 0.3 is 5.97 Å². The molecule has 1 amide bonds. The molecule has 202 valence electrons. The molecule has 2 N–H and O–H groups in total. The molecule has 38 heavy (non-hydrogen) atoms. The highest BCUT2D eigenvalue weighted by molar-refractivity contribution is 7.92. The van der Waals surface area contributed by atoms with Gasteiger partial charge in [0.25, 0.3) is 15.9 Å². The van der Waals surface area contributed by atoms with E-state index in [0.717, 1.165) is 10.4 Å². The van der Waals surface area contributed by atoms with Crippen LogP contribution in [0.1, 0.15) is 65.8 Å². The van der Waals surface area contributed by atoms with E-state index in [0.29, 0.717) is 22.7 Å². The number of nitrogens with zero attached hydrogens (tertiary/aromatic N) is 1. The number of sulfonamides is 1. The number of esters is 1. The van der Waals surface area contributed by atoms with E-state index < -0.39 is 27.4 Å². The van der Waals surface area contributed by atoms with Crippen molar-refractivity contribution in [3.05, 3.63) is 76.2 Å². The van der Waals surface area contributed by atoms with Crippen molar-refractivity contribution in [3.8, 4) is 0 Å². The Balaban J connectivity index is 1.63.